The Kier molecular flexibility index (Phi) is 7.22. The second-order valence-corrected chi connectivity index (χ2v) is 6.43. The fourth-order valence-electron chi connectivity index (χ4n) is 2.61. The number of rotatable bonds is 7. The molecule has 0 atom stereocenters. The van der Waals surface area contributed by atoms with Crippen molar-refractivity contribution in [1.29, 1.82) is 0 Å². The molecule has 9 heteroatoms. The lowest BCUT2D eigenvalue weighted by Gasteiger charge is -2.29. The molecular weight excluding hydrogens is 354 g/mol. The van der Waals surface area contributed by atoms with Gasteiger partial charge in [-0.3, -0.25) is 0 Å². The summed E-state index contributed by atoms with van der Waals surface area (Å²) in [7, 11) is 2.03. The van der Waals surface area contributed by atoms with Crippen molar-refractivity contribution in [3.63, 3.8) is 0 Å². The van der Waals surface area contributed by atoms with Gasteiger partial charge >= 0.3 is 18.4 Å². The van der Waals surface area contributed by atoms with Crippen LogP contribution in [0.1, 0.15) is 18.4 Å². The van der Waals surface area contributed by atoms with Crippen LogP contribution in [0, 0.1) is 0 Å². The summed E-state index contributed by atoms with van der Waals surface area (Å²) in [5.41, 5.74) is 0.962. The average molecular weight is 377 g/mol. The van der Waals surface area contributed by atoms with Crippen LogP contribution in [0.2, 0.25) is 0 Å². The Morgan fingerprint density at radius 3 is 2.69 bits per heavy atom. The summed E-state index contributed by atoms with van der Waals surface area (Å²) >= 11 is 0. The standard InChI is InChI=1S/C17H23F4N3O2/c1-24-7-5-13(6-8-24)22-16(25)23-14-4-2-3-12(9-14)10-26-11-17(20,21)15(18)19/h2-4,9,13,15H,5-8,10-11H2,1H3,(H2,22,23,25). The maximum Gasteiger partial charge on any atom is 0.330 e. The number of anilines is 1. The molecule has 1 fully saturated rings. The summed E-state index contributed by atoms with van der Waals surface area (Å²) in [5.74, 6) is -4.18. The zero-order valence-corrected chi connectivity index (χ0v) is 14.5. The SMILES string of the molecule is CN1CCC(NC(=O)Nc2cccc(COCC(F)(F)C(F)F)c2)CC1. The Morgan fingerprint density at radius 1 is 1.35 bits per heavy atom. The van der Waals surface area contributed by atoms with E-state index in [1.54, 1.807) is 24.3 Å². The zero-order valence-electron chi connectivity index (χ0n) is 14.5. The largest absolute Gasteiger partial charge is 0.370 e. The highest BCUT2D eigenvalue weighted by Gasteiger charge is 2.40. The molecule has 1 aliphatic heterocycles. The topological polar surface area (TPSA) is 53.6 Å². The van der Waals surface area contributed by atoms with E-state index < -0.39 is 19.0 Å². The smallest absolute Gasteiger partial charge is 0.330 e. The molecule has 0 spiro atoms. The molecule has 1 heterocycles. The van der Waals surface area contributed by atoms with E-state index in [1.807, 2.05) is 7.05 Å². The van der Waals surface area contributed by atoms with Gasteiger partial charge in [-0.05, 0) is 50.7 Å². The summed E-state index contributed by atoms with van der Waals surface area (Å²) < 4.78 is 54.4. The van der Waals surface area contributed by atoms with Crippen molar-refractivity contribution >= 4 is 11.7 Å². The molecule has 2 N–H and O–H groups in total. The molecule has 0 saturated carbocycles. The fraction of sp³-hybridized carbons (Fsp3) is 0.588. The van der Waals surface area contributed by atoms with Gasteiger partial charge in [-0.2, -0.15) is 8.78 Å². The first-order valence-corrected chi connectivity index (χ1v) is 8.35. The van der Waals surface area contributed by atoms with Gasteiger partial charge in [0.25, 0.3) is 0 Å². The highest BCUT2D eigenvalue weighted by Crippen LogP contribution is 2.23. The molecule has 0 unspecified atom stereocenters. The van der Waals surface area contributed by atoms with E-state index in [9.17, 15) is 22.4 Å². The first kappa shape index (κ1) is 20.4. The minimum absolute atomic E-state index is 0.106. The predicted molar refractivity (Wildman–Crippen MR) is 89.7 cm³/mol. The first-order chi connectivity index (χ1) is 12.3. The van der Waals surface area contributed by atoms with Gasteiger partial charge in [-0.15, -0.1) is 0 Å². The molecule has 0 bridgehead atoms. The van der Waals surface area contributed by atoms with E-state index in [0.29, 0.717) is 11.3 Å². The number of amides is 2. The molecule has 2 rings (SSSR count). The number of carbonyl (C=O) groups excluding carboxylic acids is 1. The Bertz CT molecular complexity index is 593. The number of nitrogens with zero attached hydrogens (tertiary/aromatic N) is 1. The predicted octanol–water partition coefficient (Wildman–Crippen LogP) is 3.32. The van der Waals surface area contributed by atoms with Gasteiger partial charge in [0.2, 0.25) is 0 Å². The Hall–Kier alpha value is -1.87. The van der Waals surface area contributed by atoms with Crippen molar-refractivity contribution in [3.05, 3.63) is 29.8 Å². The molecule has 1 saturated heterocycles. The highest BCUT2D eigenvalue weighted by atomic mass is 19.3. The lowest BCUT2D eigenvalue weighted by molar-refractivity contribution is -0.168. The average Bonchev–Trinajstić information content (AvgIpc) is 2.57. The summed E-state index contributed by atoms with van der Waals surface area (Å²) in [4.78, 5) is 14.2. The van der Waals surface area contributed by atoms with Crippen molar-refractivity contribution in [2.24, 2.45) is 0 Å². The minimum atomic E-state index is -4.18. The van der Waals surface area contributed by atoms with Crippen LogP contribution in [0.4, 0.5) is 28.0 Å². The van der Waals surface area contributed by atoms with E-state index in [-0.39, 0.29) is 18.7 Å². The quantitative estimate of drug-likeness (QED) is 0.717. The summed E-state index contributed by atoms with van der Waals surface area (Å²) in [6, 6.07) is 6.17. The molecule has 1 aromatic rings. The number of ether oxygens (including phenoxy) is 1. The summed E-state index contributed by atoms with van der Waals surface area (Å²) in [5, 5.41) is 5.57. The number of likely N-dealkylation sites (tertiary alicyclic amines) is 1. The number of carbonyl (C=O) groups is 1. The molecular formula is C17H23F4N3O2. The van der Waals surface area contributed by atoms with Gasteiger partial charge in [0, 0.05) is 11.7 Å². The van der Waals surface area contributed by atoms with Crippen LogP contribution in [0.5, 0.6) is 0 Å². The van der Waals surface area contributed by atoms with E-state index in [4.69, 9.17) is 0 Å². The van der Waals surface area contributed by atoms with Crippen molar-refractivity contribution < 1.29 is 27.1 Å². The number of benzene rings is 1. The molecule has 0 radical (unpaired) electrons. The summed E-state index contributed by atoms with van der Waals surface area (Å²) in [6.07, 6.45) is -2.02. The molecule has 1 aliphatic rings. The normalized spacial score (nSPS) is 16.7. The van der Waals surface area contributed by atoms with Gasteiger partial charge in [0.1, 0.15) is 6.61 Å². The second-order valence-electron chi connectivity index (χ2n) is 6.43. The fourth-order valence-corrected chi connectivity index (χ4v) is 2.61. The van der Waals surface area contributed by atoms with Crippen LogP contribution >= 0.6 is 0 Å². The maximum absolute atomic E-state index is 12.8. The Labute approximate surface area is 149 Å². The number of alkyl halides is 4. The number of hydrogen-bond donors (Lipinski definition) is 2. The van der Waals surface area contributed by atoms with Crippen molar-refractivity contribution in [3.8, 4) is 0 Å². The number of urea groups is 1. The van der Waals surface area contributed by atoms with Crippen molar-refractivity contribution in [2.45, 2.75) is 37.8 Å². The molecule has 5 nitrogen and oxygen atoms in total. The Balaban J connectivity index is 1.80. The van der Waals surface area contributed by atoms with Crippen LogP contribution in [0.15, 0.2) is 24.3 Å². The van der Waals surface area contributed by atoms with E-state index in [1.165, 1.54) is 0 Å². The van der Waals surface area contributed by atoms with Gasteiger partial charge < -0.3 is 20.3 Å². The molecule has 0 aromatic heterocycles. The summed E-state index contributed by atoms with van der Waals surface area (Å²) in [6.45, 7) is 0.218. The first-order valence-electron chi connectivity index (χ1n) is 8.35. The van der Waals surface area contributed by atoms with Crippen LogP contribution < -0.4 is 10.6 Å². The van der Waals surface area contributed by atoms with Crippen LogP contribution in [-0.4, -0.2) is 56.1 Å². The third-order valence-corrected chi connectivity index (χ3v) is 4.12. The monoisotopic (exact) mass is 377 g/mol. The van der Waals surface area contributed by atoms with Gasteiger partial charge in [-0.25, -0.2) is 13.6 Å². The van der Waals surface area contributed by atoms with E-state index in [2.05, 4.69) is 20.3 Å². The van der Waals surface area contributed by atoms with Crippen LogP contribution in [0.25, 0.3) is 0 Å². The van der Waals surface area contributed by atoms with Crippen LogP contribution in [-0.2, 0) is 11.3 Å². The molecule has 26 heavy (non-hydrogen) atoms. The highest BCUT2D eigenvalue weighted by molar-refractivity contribution is 5.89. The van der Waals surface area contributed by atoms with Gasteiger partial charge in [0.15, 0.2) is 0 Å². The number of nitrogens with one attached hydrogen (secondary N) is 2. The lowest BCUT2D eigenvalue weighted by Crippen LogP contribution is -2.44. The molecule has 1 aromatic carbocycles. The van der Waals surface area contributed by atoms with E-state index in [0.717, 1.165) is 25.9 Å². The second kappa shape index (κ2) is 9.18. The third kappa shape index (κ3) is 6.45. The number of piperidine rings is 1. The van der Waals surface area contributed by atoms with Gasteiger partial charge in [0.05, 0.1) is 6.61 Å². The van der Waals surface area contributed by atoms with Crippen molar-refractivity contribution in [1.82, 2.24) is 10.2 Å². The number of halogens is 4. The van der Waals surface area contributed by atoms with Crippen LogP contribution in [0.3, 0.4) is 0 Å². The van der Waals surface area contributed by atoms with E-state index >= 15 is 0 Å². The zero-order chi connectivity index (χ0) is 19.2. The minimum Gasteiger partial charge on any atom is -0.370 e. The number of hydrogen-bond acceptors (Lipinski definition) is 3. The third-order valence-electron chi connectivity index (χ3n) is 4.12. The molecule has 2 amide bonds. The molecule has 0 aliphatic carbocycles. The van der Waals surface area contributed by atoms with Crippen molar-refractivity contribution in [2.75, 3.05) is 32.1 Å². The molecule has 146 valence electrons. The maximum atomic E-state index is 12.8. The lowest BCUT2D eigenvalue weighted by atomic mass is 10.1. The Morgan fingerprint density at radius 2 is 2.04 bits per heavy atom. The van der Waals surface area contributed by atoms with Gasteiger partial charge in [-0.1, -0.05) is 12.1 Å².